The highest BCUT2D eigenvalue weighted by Crippen LogP contribution is 2.21. The molecule has 1 aliphatic rings. The molecule has 0 radical (unpaired) electrons. The molecule has 1 N–H and O–H groups in total. The fourth-order valence-electron chi connectivity index (χ4n) is 3.28. The highest BCUT2D eigenvalue weighted by molar-refractivity contribution is 5.72. The van der Waals surface area contributed by atoms with Gasteiger partial charge in [-0.15, -0.1) is 0 Å². The Kier molecular flexibility index (Phi) is 4.17. The monoisotopic (exact) mass is 322 g/mol. The molecular weight excluding hydrogens is 300 g/mol. The maximum Gasteiger partial charge on any atom is 0.209 e. The maximum absolute atomic E-state index is 5.83. The van der Waals surface area contributed by atoms with E-state index in [1.807, 2.05) is 36.5 Å². The number of hydrogen-bond donors (Lipinski definition) is 1. The van der Waals surface area contributed by atoms with Crippen molar-refractivity contribution in [3.8, 4) is 0 Å². The second kappa shape index (κ2) is 6.61. The Bertz CT molecular complexity index is 796. The van der Waals surface area contributed by atoms with Crippen LogP contribution in [0.25, 0.3) is 11.1 Å². The summed E-state index contributed by atoms with van der Waals surface area (Å²) in [6.07, 6.45) is 3.05. The molecule has 2 aromatic heterocycles. The van der Waals surface area contributed by atoms with Crippen LogP contribution < -0.4 is 5.32 Å². The van der Waals surface area contributed by atoms with Crippen LogP contribution in [0.15, 0.2) is 47.0 Å². The molecule has 0 amide bonds. The Labute approximate surface area is 141 Å². The molecule has 24 heavy (non-hydrogen) atoms. The molecule has 1 saturated heterocycles. The van der Waals surface area contributed by atoms with Crippen molar-refractivity contribution in [1.29, 1.82) is 0 Å². The first-order valence-corrected chi connectivity index (χ1v) is 8.49. The van der Waals surface area contributed by atoms with Crippen molar-refractivity contribution in [2.45, 2.75) is 19.9 Å². The Balaban J connectivity index is 1.31. The lowest BCUT2D eigenvalue weighted by molar-refractivity contribution is 0.286. The van der Waals surface area contributed by atoms with E-state index in [-0.39, 0.29) is 0 Å². The first-order valence-electron chi connectivity index (χ1n) is 8.49. The van der Waals surface area contributed by atoms with Crippen LogP contribution in [-0.2, 0) is 6.54 Å². The number of oxazole rings is 1. The van der Waals surface area contributed by atoms with Gasteiger partial charge in [-0.1, -0.05) is 12.1 Å². The number of rotatable bonds is 5. The van der Waals surface area contributed by atoms with E-state index in [0.717, 1.165) is 49.0 Å². The summed E-state index contributed by atoms with van der Waals surface area (Å²) >= 11 is 0. The zero-order valence-electron chi connectivity index (χ0n) is 13.9. The van der Waals surface area contributed by atoms with Gasteiger partial charge in [0.25, 0.3) is 0 Å². The Morgan fingerprint density at radius 3 is 3.08 bits per heavy atom. The minimum Gasteiger partial charge on any atom is -0.439 e. The number of anilines is 1. The molecule has 0 saturated carbocycles. The quantitative estimate of drug-likeness (QED) is 0.779. The van der Waals surface area contributed by atoms with E-state index in [4.69, 9.17) is 4.42 Å². The van der Waals surface area contributed by atoms with Gasteiger partial charge in [0.2, 0.25) is 5.89 Å². The van der Waals surface area contributed by atoms with Gasteiger partial charge < -0.3 is 9.73 Å². The summed E-state index contributed by atoms with van der Waals surface area (Å²) in [6, 6.07) is 12.0. The molecule has 3 aromatic rings. The second-order valence-corrected chi connectivity index (χ2v) is 6.56. The first-order chi connectivity index (χ1) is 11.8. The number of benzene rings is 1. The van der Waals surface area contributed by atoms with Crippen LogP contribution in [0, 0.1) is 12.8 Å². The fraction of sp³-hybridized carbons (Fsp3) is 0.368. The molecular formula is C19H22N4O. The molecule has 0 bridgehead atoms. The predicted molar refractivity (Wildman–Crippen MR) is 94.9 cm³/mol. The largest absolute Gasteiger partial charge is 0.439 e. The minimum atomic E-state index is 0.636. The van der Waals surface area contributed by atoms with Crippen LogP contribution in [0.2, 0.25) is 0 Å². The number of pyridine rings is 1. The summed E-state index contributed by atoms with van der Waals surface area (Å²) < 4.78 is 5.83. The minimum absolute atomic E-state index is 0.636. The first kappa shape index (κ1) is 15.1. The third kappa shape index (κ3) is 3.41. The number of aromatic nitrogens is 2. The van der Waals surface area contributed by atoms with E-state index in [1.54, 1.807) is 0 Å². The van der Waals surface area contributed by atoms with E-state index in [9.17, 15) is 0 Å². The van der Waals surface area contributed by atoms with Crippen LogP contribution in [0.5, 0.6) is 0 Å². The summed E-state index contributed by atoms with van der Waals surface area (Å²) in [5.41, 5.74) is 3.04. The lowest BCUT2D eigenvalue weighted by Crippen LogP contribution is -2.23. The van der Waals surface area contributed by atoms with Crippen molar-refractivity contribution in [3.63, 3.8) is 0 Å². The van der Waals surface area contributed by atoms with Gasteiger partial charge in [0, 0.05) is 19.3 Å². The molecule has 0 spiro atoms. The molecule has 5 heteroatoms. The zero-order valence-corrected chi connectivity index (χ0v) is 13.9. The number of hydrogen-bond acceptors (Lipinski definition) is 5. The summed E-state index contributed by atoms with van der Waals surface area (Å²) in [5, 5.41) is 3.46. The molecule has 3 heterocycles. The fourth-order valence-corrected chi connectivity index (χ4v) is 3.28. The molecule has 1 fully saturated rings. The number of fused-ring (bicyclic) bond motifs is 1. The van der Waals surface area contributed by atoms with Crippen LogP contribution in [0.4, 0.5) is 5.82 Å². The summed E-state index contributed by atoms with van der Waals surface area (Å²) in [5.74, 6) is 2.41. The molecule has 4 rings (SSSR count). The normalized spacial score (nSPS) is 18.3. The number of likely N-dealkylation sites (tertiary alicyclic amines) is 1. The highest BCUT2D eigenvalue weighted by Gasteiger charge is 2.23. The van der Waals surface area contributed by atoms with Gasteiger partial charge in [-0.05, 0) is 55.6 Å². The lowest BCUT2D eigenvalue weighted by Gasteiger charge is -2.14. The Morgan fingerprint density at radius 2 is 2.21 bits per heavy atom. The van der Waals surface area contributed by atoms with Crippen LogP contribution >= 0.6 is 0 Å². The SMILES string of the molecule is Cc1ccnc(NC[C@H]2CCN(Cc3nc4ccccc4o3)C2)c1. The second-order valence-electron chi connectivity index (χ2n) is 6.56. The average molecular weight is 322 g/mol. The average Bonchev–Trinajstić information content (AvgIpc) is 3.19. The van der Waals surface area contributed by atoms with E-state index >= 15 is 0 Å². The van der Waals surface area contributed by atoms with Crippen molar-refractivity contribution in [3.05, 3.63) is 54.0 Å². The van der Waals surface area contributed by atoms with Gasteiger partial charge in [0.05, 0.1) is 6.54 Å². The molecule has 124 valence electrons. The Morgan fingerprint density at radius 1 is 1.29 bits per heavy atom. The van der Waals surface area contributed by atoms with Crippen molar-refractivity contribution in [1.82, 2.24) is 14.9 Å². The van der Waals surface area contributed by atoms with Crippen LogP contribution in [0.3, 0.4) is 0 Å². The van der Waals surface area contributed by atoms with Crippen molar-refractivity contribution < 1.29 is 4.42 Å². The van der Waals surface area contributed by atoms with Crippen molar-refractivity contribution >= 4 is 16.9 Å². The molecule has 1 aliphatic heterocycles. The number of nitrogens with zero attached hydrogens (tertiary/aromatic N) is 3. The third-order valence-corrected chi connectivity index (χ3v) is 4.55. The number of aryl methyl sites for hydroxylation is 1. The zero-order chi connectivity index (χ0) is 16.4. The lowest BCUT2D eigenvalue weighted by atomic mass is 10.1. The van der Waals surface area contributed by atoms with Gasteiger partial charge in [-0.25, -0.2) is 9.97 Å². The number of nitrogens with one attached hydrogen (secondary N) is 1. The molecule has 1 aromatic carbocycles. The van der Waals surface area contributed by atoms with E-state index < -0.39 is 0 Å². The van der Waals surface area contributed by atoms with Crippen molar-refractivity contribution in [2.75, 3.05) is 25.0 Å². The van der Waals surface area contributed by atoms with Crippen molar-refractivity contribution in [2.24, 2.45) is 5.92 Å². The standard InChI is InChI=1S/C19H22N4O/c1-14-6-8-20-18(10-14)21-11-15-7-9-23(12-15)13-19-22-16-4-2-3-5-17(16)24-19/h2-6,8,10,15H,7,9,11-13H2,1H3,(H,20,21)/t15-/m1/s1. The van der Waals surface area contributed by atoms with E-state index in [1.165, 1.54) is 12.0 Å². The van der Waals surface area contributed by atoms with Gasteiger partial charge >= 0.3 is 0 Å². The smallest absolute Gasteiger partial charge is 0.209 e. The topological polar surface area (TPSA) is 54.2 Å². The van der Waals surface area contributed by atoms with E-state index in [2.05, 4.69) is 33.2 Å². The van der Waals surface area contributed by atoms with Gasteiger partial charge in [0.1, 0.15) is 11.3 Å². The van der Waals surface area contributed by atoms with Gasteiger partial charge in [0.15, 0.2) is 5.58 Å². The van der Waals surface area contributed by atoms with Gasteiger partial charge in [-0.3, -0.25) is 4.90 Å². The summed E-state index contributed by atoms with van der Waals surface area (Å²) in [7, 11) is 0. The summed E-state index contributed by atoms with van der Waals surface area (Å²) in [4.78, 5) is 11.3. The van der Waals surface area contributed by atoms with Gasteiger partial charge in [-0.2, -0.15) is 0 Å². The summed E-state index contributed by atoms with van der Waals surface area (Å²) in [6.45, 7) is 5.99. The molecule has 5 nitrogen and oxygen atoms in total. The van der Waals surface area contributed by atoms with E-state index in [0.29, 0.717) is 5.92 Å². The molecule has 0 unspecified atom stereocenters. The molecule has 0 aliphatic carbocycles. The Hall–Kier alpha value is -2.40. The highest BCUT2D eigenvalue weighted by atomic mass is 16.3. The predicted octanol–water partition coefficient (Wildman–Crippen LogP) is 3.47. The maximum atomic E-state index is 5.83. The van der Waals surface area contributed by atoms with Crippen LogP contribution in [-0.4, -0.2) is 34.5 Å². The van der Waals surface area contributed by atoms with Crippen LogP contribution in [0.1, 0.15) is 17.9 Å². The molecule has 1 atom stereocenters. The number of para-hydroxylation sites is 2. The third-order valence-electron chi connectivity index (χ3n) is 4.55.